The molecule has 1 amide bonds. The SMILES string of the molecule is COCCCn1c(C(C)(C)C)ccc1C1(O)CCCN(C(=O)CC(N)Cc2ccc(-c3ccc(C(=O)OC)cc3)cc2)C1. The first-order valence-electron chi connectivity index (χ1n) is 15.2. The number of aliphatic hydroxyl groups is 1. The van der Waals surface area contributed by atoms with E-state index in [1.54, 1.807) is 24.1 Å². The van der Waals surface area contributed by atoms with Gasteiger partial charge in [0.1, 0.15) is 5.60 Å². The van der Waals surface area contributed by atoms with Crippen LogP contribution in [0.15, 0.2) is 60.7 Å². The van der Waals surface area contributed by atoms with Gasteiger partial charge in [-0.25, -0.2) is 4.79 Å². The normalized spacial score (nSPS) is 18.0. The number of nitrogens with two attached hydrogens (primary N) is 1. The summed E-state index contributed by atoms with van der Waals surface area (Å²) in [5.41, 5.74) is 10.9. The molecular formula is C35H47N3O5. The van der Waals surface area contributed by atoms with E-state index in [0.717, 1.165) is 41.8 Å². The fourth-order valence-corrected chi connectivity index (χ4v) is 6.07. The van der Waals surface area contributed by atoms with Crippen LogP contribution in [0.3, 0.4) is 0 Å². The Morgan fingerprint density at radius 3 is 2.26 bits per heavy atom. The number of nitrogens with zero attached hydrogens (tertiary/aromatic N) is 2. The van der Waals surface area contributed by atoms with Crippen molar-refractivity contribution in [2.24, 2.45) is 5.73 Å². The number of hydrogen-bond donors (Lipinski definition) is 2. The second-order valence-electron chi connectivity index (χ2n) is 12.7. The van der Waals surface area contributed by atoms with E-state index >= 15 is 0 Å². The Hall–Kier alpha value is -3.46. The number of benzene rings is 2. The zero-order chi connectivity index (χ0) is 31.2. The number of aromatic nitrogens is 1. The maximum atomic E-state index is 13.4. The van der Waals surface area contributed by atoms with Crippen LogP contribution in [0, 0.1) is 0 Å². The van der Waals surface area contributed by atoms with Gasteiger partial charge in [0.05, 0.1) is 24.9 Å². The molecule has 4 rings (SSSR count). The van der Waals surface area contributed by atoms with Gasteiger partial charge in [0, 0.05) is 50.4 Å². The molecule has 1 fully saturated rings. The summed E-state index contributed by atoms with van der Waals surface area (Å²) in [5, 5.41) is 11.9. The lowest BCUT2D eigenvalue weighted by Gasteiger charge is -2.40. The number of likely N-dealkylation sites (tertiary alicyclic amines) is 1. The molecule has 2 heterocycles. The molecular weight excluding hydrogens is 542 g/mol. The van der Waals surface area contributed by atoms with E-state index in [-0.39, 0.29) is 36.3 Å². The fraction of sp³-hybridized carbons (Fsp3) is 0.486. The minimum Gasteiger partial charge on any atom is -0.465 e. The Bertz CT molecular complexity index is 1370. The van der Waals surface area contributed by atoms with Crippen molar-refractivity contribution in [3.05, 3.63) is 83.2 Å². The van der Waals surface area contributed by atoms with Crippen LogP contribution in [0.2, 0.25) is 0 Å². The first-order chi connectivity index (χ1) is 20.4. The molecule has 1 aliphatic rings. The van der Waals surface area contributed by atoms with E-state index in [9.17, 15) is 14.7 Å². The van der Waals surface area contributed by atoms with E-state index in [0.29, 0.717) is 31.6 Å². The summed E-state index contributed by atoms with van der Waals surface area (Å²) < 4.78 is 12.3. The molecule has 2 aromatic carbocycles. The third-order valence-corrected chi connectivity index (χ3v) is 8.31. The maximum absolute atomic E-state index is 13.4. The number of piperidine rings is 1. The molecule has 0 saturated carbocycles. The molecule has 1 saturated heterocycles. The van der Waals surface area contributed by atoms with E-state index in [1.165, 1.54) is 12.8 Å². The number of carbonyl (C=O) groups excluding carboxylic acids is 2. The van der Waals surface area contributed by atoms with Crippen LogP contribution in [0.4, 0.5) is 0 Å². The second kappa shape index (κ2) is 13.9. The van der Waals surface area contributed by atoms with E-state index in [1.807, 2.05) is 42.5 Å². The topological polar surface area (TPSA) is 107 Å². The molecule has 1 aliphatic heterocycles. The van der Waals surface area contributed by atoms with Crippen molar-refractivity contribution >= 4 is 11.9 Å². The van der Waals surface area contributed by atoms with Crippen molar-refractivity contribution in [1.82, 2.24) is 9.47 Å². The quantitative estimate of drug-likeness (QED) is 0.240. The molecule has 2 atom stereocenters. The van der Waals surface area contributed by atoms with Gasteiger partial charge in [0.25, 0.3) is 0 Å². The Balaban J connectivity index is 1.38. The van der Waals surface area contributed by atoms with Gasteiger partial charge in [-0.05, 0) is 66.6 Å². The molecule has 8 heteroatoms. The lowest BCUT2D eigenvalue weighted by Crippen LogP contribution is -2.50. The van der Waals surface area contributed by atoms with Gasteiger partial charge in [-0.1, -0.05) is 57.2 Å². The summed E-state index contributed by atoms with van der Waals surface area (Å²) in [6, 6.07) is 19.2. The highest BCUT2D eigenvalue weighted by molar-refractivity contribution is 5.90. The number of hydrogen-bond acceptors (Lipinski definition) is 6. The van der Waals surface area contributed by atoms with Crippen LogP contribution < -0.4 is 5.73 Å². The lowest BCUT2D eigenvalue weighted by molar-refractivity contribution is -0.139. The summed E-state index contributed by atoms with van der Waals surface area (Å²) in [7, 11) is 3.07. The number of ether oxygens (including phenoxy) is 2. The number of β-amino-alcohol motifs (C(OH)–C–C–N with tert-alkyl or cyclic N) is 1. The number of rotatable bonds is 11. The standard InChI is InChI=1S/C35H47N3O5/c1-34(2,3)30-16-17-31(38(30)20-7-21-42-4)35(41)18-6-19-37(24-35)32(39)23-29(36)22-25-8-10-26(11-9-25)27-12-14-28(15-13-27)33(40)43-5/h8-17,29,41H,6-7,18-24,36H2,1-5H3. The molecule has 1 aromatic heterocycles. The molecule has 0 radical (unpaired) electrons. The number of methoxy groups -OCH3 is 2. The van der Waals surface area contributed by atoms with Crippen LogP contribution in [-0.2, 0) is 38.2 Å². The van der Waals surface area contributed by atoms with Crippen LogP contribution in [0.25, 0.3) is 11.1 Å². The zero-order valence-corrected chi connectivity index (χ0v) is 26.3. The molecule has 0 spiro atoms. The van der Waals surface area contributed by atoms with E-state index in [4.69, 9.17) is 15.2 Å². The van der Waals surface area contributed by atoms with Gasteiger partial charge in [0.15, 0.2) is 0 Å². The van der Waals surface area contributed by atoms with Crippen molar-refractivity contribution < 1.29 is 24.2 Å². The highest BCUT2D eigenvalue weighted by atomic mass is 16.5. The van der Waals surface area contributed by atoms with Crippen LogP contribution in [0.5, 0.6) is 0 Å². The molecule has 232 valence electrons. The molecule has 3 aromatic rings. The van der Waals surface area contributed by atoms with Gasteiger partial charge in [0.2, 0.25) is 5.91 Å². The lowest BCUT2D eigenvalue weighted by atomic mass is 9.88. The van der Waals surface area contributed by atoms with E-state index < -0.39 is 5.60 Å². The van der Waals surface area contributed by atoms with Crippen molar-refractivity contribution in [1.29, 1.82) is 0 Å². The summed E-state index contributed by atoms with van der Waals surface area (Å²) in [4.78, 5) is 26.9. The monoisotopic (exact) mass is 589 g/mol. The van der Waals surface area contributed by atoms with Crippen LogP contribution in [-0.4, -0.2) is 66.4 Å². The zero-order valence-electron chi connectivity index (χ0n) is 26.3. The molecule has 0 bridgehead atoms. The third-order valence-electron chi connectivity index (χ3n) is 8.31. The Morgan fingerprint density at radius 1 is 1.00 bits per heavy atom. The summed E-state index contributed by atoms with van der Waals surface area (Å²) in [6.07, 6.45) is 2.97. The predicted octanol–water partition coefficient (Wildman–Crippen LogP) is 5.05. The Kier molecular flexibility index (Phi) is 10.5. The molecule has 3 N–H and O–H groups in total. The highest BCUT2D eigenvalue weighted by Crippen LogP contribution is 2.36. The average molecular weight is 590 g/mol. The summed E-state index contributed by atoms with van der Waals surface area (Å²) in [6.45, 7) is 8.82. The van der Waals surface area contributed by atoms with Gasteiger partial charge >= 0.3 is 5.97 Å². The number of carbonyl (C=O) groups is 2. The first-order valence-corrected chi connectivity index (χ1v) is 15.2. The van der Waals surface area contributed by atoms with Crippen molar-refractivity contribution in [2.75, 3.05) is 33.9 Å². The Morgan fingerprint density at radius 2 is 1.65 bits per heavy atom. The highest BCUT2D eigenvalue weighted by Gasteiger charge is 2.40. The molecule has 43 heavy (non-hydrogen) atoms. The number of amides is 1. The average Bonchev–Trinajstić information content (AvgIpc) is 3.43. The van der Waals surface area contributed by atoms with Crippen LogP contribution >= 0.6 is 0 Å². The van der Waals surface area contributed by atoms with Gasteiger partial charge in [-0.15, -0.1) is 0 Å². The van der Waals surface area contributed by atoms with Crippen LogP contribution in [0.1, 0.15) is 73.8 Å². The van der Waals surface area contributed by atoms with Gasteiger partial charge in [-0.3, -0.25) is 4.79 Å². The minimum absolute atomic E-state index is 0.0264. The largest absolute Gasteiger partial charge is 0.465 e. The predicted molar refractivity (Wildman–Crippen MR) is 169 cm³/mol. The van der Waals surface area contributed by atoms with Crippen molar-refractivity contribution in [3.8, 4) is 11.1 Å². The fourth-order valence-electron chi connectivity index (χ4n) is 6.07. The molecule has 8 nitrogen and oxygen atoms in total. The molecule has 0 aliphatic carbocycles. The smallest absolute Gasteiger partial charge is 0.337 e. The van der Waals surface area contributed by atoms with E-state index in [2.05, 4.69) is 31.4 Å². The summed E-state index contributed by atoms with van der Waals surface area (Å²) >= 11 is 0. The Labute approximate surface area is 255 Å². The number of esters is 1. The first kappa shape index (κ1) is 32.5. The summed E-state index contributed by atoms with van der Waals surface area (Å²) in [5.74, 6) is -0.386. The maximum Gasteiger partial charge on any atom is 0.337 e. The second-order valence-corrected chi connectivity index (χ2v) is 12.7. The third kappa shape index (κ3) is 7.93. The molecule has 2 unspecified atom stereocenters. The van der Waals surface area contributed by atoms with Gasteiger partial charge < -0.3 is 29.8 Å². The minimum atomic E-state index is -1.11. The van der Waals surface area contributed by atoms with Gasteiger partial charge in [-0.2, -0.15) is 0 Å². The van der Waals surface area contributed by atoms with Crippen molar-refractivity contribution in [2.45, 2.75) is 76.5 Å². The van der Waals surface area contributed by atoms with Crippen molar-refractivity contribution in [3.63, 3.8) is 0 Å².